The van der Waals surface area contributed by atoms with Crippen LogP contribution in [0.3, 0.4) is 0 Å². The van der Waals surface area contributed by atoms with Crippen LogP contribution in [0.2, 0.25) is 5.02 Å². The fourth-order valence-corrected chi connectivity index (χ4v) is 2.08. The Labute approximate surface area is 124 Å². The van der Waals surface area contributed by atoms with E-state index in [9.17, 15) is 14.9 Å². The van der Waals surface area contributed by atoms with Crippen molar-refractivity contribution in [2.24, 2.45) is 7.05 Å². The first-order chi connectivity index (χ1) is 9.90. The molecule has 0 atom stereocenters. The monoisotopic (exact) mass is 310 g/mol. The maximum atomic E-state index is 11.2. The molecule has 0 radical (unpaired) electrons. The number of carbonyl (C=O) groups is 1. The quantitative estimate of drug-likeness (QED) is 0.647. The van der Waals surface area contributed by atoms with Gasteiger partial charge in [-0.2, -0.15) is 5.10 Å². The summed E-state index contributed by atoms with van der Waals surface area (Å²) in [4.78, 5) is 21.3. The average Bonchev–Trinajstić information content (AvgIpc) is 2.81. The van der Waals surface area contributed by atoms with E-state index in [1.165, 1.54) is 0 Å². The predicted molar refractivity (Wildman–Crippen MR) is 75.6 cm³/mol. The van der Waals surface area contributed by atoms with Gasteiger partial charge >= 0.3 is 5.97 Å². The minimum Gasteiger partial charge on any atom is -0.478 e. The largest absolute Gasteiger partial charge is 0.478 e. The summed E-state index contributed by atoms with van der Waals surface area (Å²) in [6.07, 6.45) is 1.60. The lowest BCUT2D eigenvalue weighted by Crippen LogP contribution is -2.10. The standard InChI is InChI=1S/C12H11ClN4O4/c1-16-7(2-3-15-16)6-14-11-9(12(18)19)4-8(17(20)21)5-10(11)13/h2-5,14H,6H2,1H3,(H,18,19). The maximum absolute atomic E-state index is 11.2. The van der Waals surface area contributed by atoms with Gasteiger partial charge in [0.25, 0.3) is 5.69 Å². The van der Waals surface area contributed by atoms with E-state index in [1.807, 2.05) is 0 Å². The summed E-state index contributed by atoms with van der Waals surface area (Å²) >= 11 is 5.95. The van der Waals surface area contributed by atoms with Crippen molar-refractivity contribution in [2.45, 2.75) is 6.54 Å². The third kappa shape index (κ3) is 3.11. The molecular weight excluding hydrogens is 300 g/mol. The molecule has 0 amide bonds. The molecule has 0 unspecified atom stereocenters. The van der Waals surface area contributed by atoms with Crippen LogP contribution in [0.1, 0.15) is 16.1 Å². The molecule has 0 saturated carbocycles. The number of hydrogen-bond donors (Lipinski definition) is 2. The Morgan fingerprint density at radius 2 is 2.29 bits per heavy atom. The fourth-order valence-electron chi connectivity index (χ4n) is 1.80. The van der Waals surface area contributed by atoms with Gasteiger partial charge in [0.2, 0.25) is 0 Å². The first-order valence-electron chi connectivity index (χ1n) is 5.82. The zero-order valence-electron chi connectivity index (χ0n) is 10.9. The number of carboxylic acids is 1. The van der Waals surface area contributed by atoms with Crippen LogP contribution in [-0.2, 0) is 13.6 Å². The molecule has 0 aliphatic heterocycles. The number of anilines is 1. The maximum Gasteiger partial charge on any atom is 0.338 e. The summed E-state index contributed by atoms with van der Waals surface area (Å²) in [6, 6.07) is 3.84. The van der Waals surface area contributed by atoms with E-state index in [2.05, 4.69) is 10.4 Å². The van der Waals surface area contributed by atoms with Crippen molar-refractivity contribution in [2.75, 3.05) is 5.32 Å². The number of rotatable bonds is 5. The first kappa shape index (κ1) is 14.8. The van der Waals surface area contributed by atoms with Crippen molar-refractivity contribution in [1.29, 1.82) is 0 Å². The number of aryl methyl sites for hydroxylation is 1. The zero-order chi connectivity index (χ0) is 15.6. The number of non-ortho nitro benzene ring substituents is 1. The van der Waals surface area contributed by atoms with Crippen LogP contribution in [0.4, 0.5) is 11.4 Å². The van der Waals surface area contributed by atoms with Gasteiger partial charge in [0.15, 0.2) is 0 Å². The Morgan fingerprint density at radius 3 is 2.81 bits per heavy atom. The number of halogens is 1. The number of nitrogens with one attached hydrogen (secondary N) is 1. The van der Waals surface area contributed by atoms with E-state index in [4.69, 9.17) is 16.7 Å². The Morgan fingerprint density at radius 1 is 1.57 bits per heavy atom. The molecule has 0 aliphatic carbocycles. The van der Waals surface area contributed by atoms with Gasteiger partial charge in [-0.3, -0.25) is 14.8 Å². The highest BCUT2D eigenvalue weighted by Gasteiger charge is 2.20. The Bertz CT molecular complexity index is 713. The molecular formula is C12H11ClN4O4. The van der Waals surface area contributed by atoms with Crippen molar-refractivity contribution < 1.29 is 14.8 Å². The molecule has 0 spiro atoms. The molecule has 0 saturated heterocycles. The van der Waals surface area contributed by atoms with Crippen LogP contribution in [0.15, 0.2) is 24.4 Å². The van der Waals surface area contributed by atoms with Crippen molar-refractivity contribution in [3.8, 4) is 0 Å². The van der Waals surface area contributed by atoms with Gasteiger partial charge in [0.1, 0.15) is 0 Å². The summed E-state index contributed by atoms with van der Waals surface area (Å²) in [6.45, 7) is 0.286. The first-order valence-corrected chi connectivity index (χ1v) is 6.20. The molecule has 9 heteroatoms. The van der Waals surface area contributed by atoms with E-state index in [0.29, 0.717) is 0 Å². The highest BCUT2D eigenvalue weighted by Crippen LogP contribution is 2.31. The van der Waals surface area contributed by atoms with Crippen LogP contribution in [-0.4, -0.2) is 25.8 Å². The van der Waals surface area contributed by atoms with Gasteiger partial charge in [0, 0.05) is 25.4 Å². The normalized spacial score (nSPS) is 10.4. The highest BCUT2D eigenvalue weighted by molar-refractivity contribution is 6.34. The average molecular weight is 311 g/mol. The molecule has 1 aromatic heterocycles. The van der Waals surface area contributed by atoms with Crippen molar-refractivity contribution in [1.82, 2.24) is 9.78 Å². The molecule has 2 N–H and O–H groups in total. The third-order valence-electron chi connectivity index (χ3n) is 2.88. The van der Waals surface area contributed by atoms with Gasteiger partial charge in [-0.1, -0.05) is 11.6 Å². The molecule has 0 bridgehead atoms. The summed E-state index contributed by atoms with van der Waals surface area (Å²) in [5.74, 6) is -1.30. The zero-order valence-corrected chi connectivity index (χ0v) is 11.7. The molecule has 2 rings (SSSR count). The lowest BCUT2D eigenvalue weighted by Gasteiger charge is -2.11. The van der Waals surface area contributed by atoms with Gasteiger partial charge in [-0.05, 0) is 6.07 Å². The summed E-state index contributed by atoms with van der Waals surface area (Å²) in [7, 11) is 1.74. The number of benzene rings is 1. The summed E-state index contributed by atoms with van der Waals surface area (Å²) in [5.41, 5.74) is 0.316. The molecule has 1 aromatic carbocycles. The number of nitro groups is 1. The number of hydrogen-bond acceptors (Lipinski definition) is 5. The van der Waals surface area contributed by atoms with Gasteiger partial charge in [0.05, 0.1) is 33.4 Å². The van der Waals surface area contributed by atoms with Gasteiger partial charge in [-0.25, -0.2) is 4.79 Å². The molecule has 1 heterocycles. The number of nitro benzene ring substituents is 1. The second-order valence-electron chi connectivity index (χ2n) is 4.21. The van der Waals surface area contributed by atoms with Crippen LogP contribution < -0.4 is 5.32 Å². The molecule has 110 valence electrons. The minimum absolute atomic E-state index is 0.0243. The van der Waals surface area contributed by atoms with Crippen LogP contribution in [0.5, 0.6) is 0 Å². The summed E-state index contributed by atoms with van der Waals surface area (Å²) < 4.78 is 1.62. The topological polar surface area (TPSA) is 110 Å². The molecule has 8 nitrogen and oxygen atoms in total. The van der Waals surface area contributed by atoms with E-state index < -0.39 is 10.9 Å². The van der Waals surface area contributed by atoms with E-state index >= 15 is 0 Å². The van der Waals surface area contributed by atoms with Crippen molar-refractivity contribution in [3.05, 3.63) is 50.8 Å². The van der Waals surface area contributed by atoms with Crippen LogP contribution >= 0.6 is 11.6 Å². The SMILES string of the molecule is Cn1nccc1CNc1c(Cl)cc([N+](=O)[O-])cc1C(=O)O. The third-order valence-corrected chi connectivity index (χ3v) is 3.18. The Kier molecular flexibility index (Phi) is 4.08. The number of aromatic nitrogens is 2. The van der Waals surface area contributed by atoms with E-state index in [1.54, 1.807) is 24.0 Å². The van der Waals surface area contributed by atoms with E-state index in [0.717, 1.165) is 17.8 Å². The Hall–Kier alpha value is -2.61. The minimum atomic E-state index is -1.30. The highest BCUT2D eigenvalue weighted by atomic mass is 35.5. The fraction of sp³-hybridized carbons (Fsp3) is 0.167. The predicted octanol–water partition coefficient (Wildman–Crippen LogP) is 2.29. The lowest BCUT2D eigenvalue weighted by atomic mass is 10.1. The number of carboxylic acid groups (broad SMARTS) is 1. The van der Waals surface area contributed by atoms with Crippen molar-refractivity contribution in [3.63, 3.8) is 0 Å². The molecule has 21 heavy (non-hydrogen) atoms. The van der Waals surface area contributed by atoms with Gasteiger partial charge in [-0.15, -0.1) is 0 Å². The molecule has 0 aliphatic rings. The van der Waals surface area contributed by atoms with Crippen LogP contribution in [0.25, 0.3) is 0 Å². The van der Waals surface area contributed by atoms with Gasteiger partial charge < -0.3 is 10.4 Å². The van der Waals surface area contributed by atoms with Crippen molar-refractivity contribution >= 4 is 28.9 Å². The number of nitrogens with zero attached hydrogens (tertiary/aromatic N) is 3. The lowest BCUT2D eigenvalue weighted by molar-refractivity contribution is -0.384. The smallest absolute Gasteiger partial charge is 0.338 e. The number of aromatic carboxylic acids is 1. The van der Waals surface area contributed by atoms with Crippen LogP contribution in [0, 0.1) is 10.1 Å². The second-order valence-corrected chi connectivity index (χ2v) is 4.62. The Balaban J connectivity index is 2.36. The molecule has 0 fully saturated rings. The van der Waals surface area contributed by atoms with E-state index in [-0.39, 0.29) is 28.5 Å². The second kappa shape index (κ2) is 5.80. The molecule has 2 aromatic rings. The summed E-state index contributed by atoms with van der Waals surface area (Å²) in [5, 5.41) is 26.8.